The lowest BCUT2D eigenvalue weighted by atomic mass is 10.0. The third-order valence-corrected chi connectivity index (χ3v) is 9.55. The minimum absolute atomic E-state index is 0.0220. The Morgan fingerprint density at radius 2 is 1.87 bits per heavy atom. The van der Waals surface area contributed by atoms with Gasteiger partial charge in [-0.25, -0.2) is 4.98 Å². The number of halogens is 2. The summed E-state index contributed by atoms with van der Waals surface area (Å²) < 4.78 is 46.6. The molecule has 0 unspecified atom stereocenters. The van der Waals surface area contributed by atoms with Crippen molar-refractivity contribution in [2.45, 2.75) is 37.1 Å². The van der Waals surface area contributed by atoms with Crippen LogP contribution in [0.4, 0.5) is 8.78 Å². The molecule has 0 bridgehead atoms. The first-order valence-corrected chi connectivity index (χ1v) is 15.3. The number of amides is 3. The largest absolute Gasteiger partial charge is 0.451 e. The second kappa shape index (κ2) is 11.2. The standard InChI is InChI=1S/C32H28F2N4O6S/c1-18(27-11-20(15-45-27)25-14-42-17-36-25)37-30(41)26-12-31(43-8-9-44-31)16-38(26)28(39)13-35-29(40)19-6-7-24-22(10-19)21-4-2-3-5-23(21)32(24,33)34/h2-7,10-11,14-15,17-18,26H,8-9,12-13,16H2,1H3,(H,35,40)(H,37,41)/t18-,26+/m1/s1. The van der Waals surface area contributed by atoms with Gasteiger partial charge in [0.15, 0.2) is 12.2 Å². The van der Waals surface area contributed by atoms with Crippen LogP contribution in [0, 0.1) is 0 Å². The van der Waals surface area contributed by atoms with Gasteiger partial charge in [0.1, 0.15) is 18.0 Å². The Labute approximate surface area is 260 Å². The Balaban J connectivity index is 1.04. The van der Waals surface area contributed by atoms with Crippen LogP contribution in [0.15, 0.2) is 71.0 Å². The van der Waals surface area contributed by atoms with Gasteiger partial charge in [-0.05, 0) is 36.2 Å². The molecule has 232 valence electrons. The summed E-state index contributed by atoms with van der Waals surface area (Å²) in [6.07, 6.45) is 3.03. The Hall–Kier alpha value is -4.46. The number of thiophene rings is 1. The average molecular weight is 635 g/mol. The Kier molecular flexibility index (Phi) is 7.26. The van der Waals surface area contributed by atoms with Gasteiger partial charge in [0.25, 0.3) is 11.8 Å². The Morgan fingerprint density at radius 1 is 1.09 bits per heavy atom. The van der Waals surface area contributed by atoms with Crippen LogP contribution in [0.1, 0.15) is 45.7 Å². The molecule has 4 aromatic rings. The van der Waals surface area contributed by atoms with Gasteiger partial charge in [0, 0.05) is 38.9 Å². The van der Waals surface area contributed by atoms with E-state index in [1.807, 2.05) is 18.4 Å². The number of ether oxygens (including phenoxy) is 2. The van der Waals surface area contributed by atoms with Gasteiger partial charge in [0.05, 0.1) is 32.3 Å². The van der Waals surface area contributed by atoms with Crippen LogP contribution in [0.5, 0.6) is 0 Å². The molecular formula is C32H28F2N4O6S. The summed E-state index contributed by atoms with van der Waals surface area (Å²) in [5.41, 5.74) is 2.05. The number of oxazole rings is 1. The molecule has 7 rings (SSSR count). The number of carbonyl (C=O) groups excluding carboxylic acids is 3. The minimum atomic E-state index is -3.16. The number of benzene rings is 2. The van der Waals surface area contributed by atoms with Gasteiger partial charge >= 0.3 is 0 Å². The van der Waals surface area contributed by atoms with E-state index < -0.39 is 36.1 Å². The number of fused-ring (bicyclic) bond motifs is 3. The molecule has 2 aromatic carbocycles. The first-order valence-electron chi connectivity index (χ1n) is 14.4. The van der Waals surface area contributed by atoms with Crippen molar-refractivity contribution in [1.29, 1.82) is 0 Å². The zero-order valence-corrected chi connectivity index (χ0v) is 24.9. The van der Waals surface area contributed by atoms with Crippen molar-refractivity contribution >= 4 is 29.1 Å². The van der Waals surface area contributed by atoms with Crippen molar-refractivity contribution in [3.63, 3.8) is 0 Å². The lowest BCUT2D eigenvalue weighted by Gasteiger charge is -2.25. The number of hydrogen-bond donors (Lipinski definition) is 2. The zero-order chi connectivity index (χ0) is 31.3. The monoisotopic (exact) mass is 634 g/mol. The Bertz CT molecular complexity index is 1790. The minimum Gasteiger partial charge on any atom is -0.451 e. The second-order valence-electron chi connectivity index (χ2n) is 11.3. The molecule has 2 fully saturated rings. The van der Waals surface area contributed by atoms with Gasteiger partial charge in [-0.3, -0.25) is 14.4 Å². The summed E-state index contributed by atoms with van der Waals surface area (Å²) in [7, 11) is 0. The van der Waals surface area contributed by atoms with E-state index in [2.05, 4.69) is 15.6 Å². The maximum absolute atomic E-state index is 14.9. The van der Waals surface area contributed by atoms with Crippen LogP contribution in [-0.4, -0.2) is 65.7 Å². The highest BCUT2D eigenvalue weighted by Crippen LogP contribution is 2.51. The smallest absolute Gasteiger partial charge is 0.299 e. The van der Waals surface area contributed by atoms with Crippen LogP contribution >= 0.6 is 11.3 Å². The van der Waals surface area contributed by atoms with Crippen molar-refractivity contribution in [3.8, 4) is 22.4 Å². The van der Waals surface area contributed by atoms with E-state index in [1.54, 1.807) is 24.5 Å². The molecule has 4 heterocycles. The zero-order valence-electron chi connectivity index (χ0n) is 24.0. The highest BCUT2D eigenvalue weighted by molar-refractivity contribution is 7.10. The summed E-state index contributed by atoms with van der Waals surface area (Å²) >= 11 is 1.46. The number of rotatable bonds is 7. The normalized spacial score (nSPS) is 19.7. The lowest BCUT2D eigenvalue weighted by molar-refractivity contribution is -0.152. The predicted molar refractivity (Wildman–Crippen MR) is 158 cm³/mol. The van der Waals surface area contributed by atoms with Crippen molar-refractivity contribution < 1.29 is 37.1 Å². The molecule has 3 aliphatic rings. The van der Waals surface area contributed by atoms with E-state index >= 15 is 0 Å². The van der Waals surface area contributed by atoms with Crippen molar-refractivity contribution in [3.05, 3.63) is 88.1 Å². The summed E-state index contributed by atoms with van der Waals surface area (Å²) in [5, 5.41) is 7.50. The molecule has 0 saturated carbocycles. The molecule has 45 heavy (non-hydrogen) atoms. The second-order valence-corrected chi connectivity index (χ2v) is 12.2. The van der Waals surface area contributed by atoms with E-state index in [0.717, 1.165) is 10.4 Å². The molecule has 0 radical (unpaired) electrons. The predicted octanol–water partition coefficient (Wildman–Crippen LogP) is 4.47. The van der Waals surface area contributed by atoms with E-state index in [-0.39, 0.29) is 47.2 Å². The van der Waals surface area contributed by atoms with Crippen molar-refractivity contribution in [1.82, 2.24) is 20.5 Å². The molecule has 2 saturated heterocycles. The van der Waals surface area contributed by atoms with Gasteiger partial charge in [-0.2, -0.15) is 8.78 Å². The molecule has 1 spiro atoms. The first kappa shape index (κ1) is 29.3. The quantitative estimate of drug-likeness (QED) is 0.308. The number of aromatic nitrogens is 1. The molecule has 2 aliphatic heterocycles. The number of nitrogens with zero attached hydrogens (tertiary/aromatic N) is 2. The number of carbonyl (C=O) groups is 3. The van der Waals surface area contributed by atoms with E-state index in [0.29, 0.717) is 24.5 Å². The molecule has 10 nitrogen and oxygen atoms in total. The molecule has 2 N–H and O–H groups in total. The van der Waals surface area contributed by atoms with Crippen molar-refractivity contribution in [2.75, 3.05) is 26.3 Å². The highest BCUT2D eigenvalue weighted by Gasteiger charge is 2.52. The molecule has 3 amide bonds. The van der Waals surface area contributed by atoms with E-state index in [1.165, 1.54) is 46.9 Å². The van der Waals surface area contributed by atoms with Crippen LogP contribution in [0.3, 0.4) is 0 Å². The third-order valence-electron chi connectivity index (χ3n) is 8.44. The molecule has 2 atom stereocenters. The summed E-state index contributed by atoms with van der Waals surface area (Å²) in [5.74, 6) is -5.76. The fourth-order valence-corrected chi connectivity index (χ4v) is 7.08. The summed E-state index contributed by atoms with van der Waals surface area (Å²) in [6, 6.07) is 10.8. The van der Waals surface area contributed by atoms with Gasteiger partial charge in [-0.1, -0.05) is 30.3 Å². The van der Waals surface area contributed by atoms with E-state index in [4.69, 9.17) is 13.9 Å². The van der Waals surface area contributed by atoms with Gasteiger partial charge in [-0.15, -0.1) is 11.3 Å². The Morgan fingerprint density at radius 3 is 2.64 bits per heavy atom. The SMILES string of the molecule is C[C@@H](NC(=O)[C@@H]1CC2(CN1C(=O)CNC(=O)c1ccc3c(c1)-c1ccccc1C3(F)F)OCCO2)c1cc(-c2cocn2)cs1. The van der Waals surface area contributed by atoms with Crippen LogP contribution < -0.4 is 10.6 Å². The molecule has 13 heteroatoms. The van der Waals surface area contributed by atoms with Crippen molar-refractivity contribution in [2.24, 2.45) is 0 Å². The third kappa shape index (κ3) is 5.20. The molecule has 1 aliphatic carbocycles. The molecular weight excluding hydrogens is 606 g/mol. The lowest BCUT2D eigenvalue weighted by Crippen LogP contribution is -2.49. The average Bonchev–Trinajstić information content (AvgIpc) is 3.88. The maximum atomic E-state index is 14.9. The summed E-state index contributed by atoms with van der Waals surface area (Å²) in [6.45, 7) is 2.13. The van der Waals surface area contributed by atoms with Crippen LogP contribution in [0.2, 0.25) is 0 Å². The topological polar surface area (TPSA) is 123 Å². The number of likely N-dealkylation sites (tertiary alicyclic amines) is 1. The van der Waals surface area contributed by atoms with E-state index in [9.17, 15) is 23.2 Å². The number of alkyl halides is 2. The molecule has 2 aromatic heterocycles. The fraction of sp³-hybridized carbons (Fsp3) is 0.312. The highest BCUT2D eigenvalue weighted by atomic mass is 32.1. The summed E-state index contributed by atoms with van der Waals surface area (Å²) in [4.78, 5) is 46.5. The number of hydrogen-bond acceptors (Lipinski definition) is 8. The number of nitrogens with one attached hydrogen (secondary N) is 2. The maximum Gasteiger partial charge on any atom is 0.299 e. The van der Waals surface area contributed by atoms with Gasteiger partial charge in [0.2, 0.25) is 11.8 Å². The van der Waals surface area contributed by atoms with Gasteiger partial charge < -0.3 is 29.4 Å². The van der Waals surface area contributed by atoms with Crippen LogP contribution in [0.25, 0.3) is 22.4 Å². The fourth-order valence-electron chi connectivity index (χ4n) is 6.17. The first-order chi connectivity index (χ1) is 21.6. The van der Waals surface area contributed by atoms with Crippen LogP contribution in [-0.2, 0) is 25.0 Å².